The maximum atomic E-state index is 6.03. The van der Waals surface area contributed by atoms with E-state index in [9.17, 15) is 0 Å². The molecule has 3 N–H and O–H groups in total. The highest BCUT2D eigenvalue weighted by molar-refractivity contribution is 6.32. The molecule has 0 saturated carbocycles. The van der Waals surface area contributed by atoms with E-state index in [2.05, 4.69) is 15.3 Å². The average Bonchev–Trinajstić information content (AvgIpc) is 2.41. The van der Waals surface area contributed by atoms with Gasteiger partial charge in [-0.3, -0.25) is 0 Å². The quantitative estimate of drug-likeness (QED) is 0.840. The van der Waals surface area contributed by atoms with Crippen LogP contribution in [-0.4, -0.2) is 9.97 Å². The molecule has 0 fully saturated rings. The van der Waals surface area contributed by atoms with Gasteiger partial charge in [-0.25, -0.2) is 9.97 Å². The summed E-state index contributed by atoms with van der Waals surface area (Å²) in [6, 6.07) is 10.0. The van der Waals surface area contributed by atoms with E-state index >= 15 is 0 Å². The third-order valence-electron chi connectivity index (χ3n) is 2.74. The number of hydrogen-bond donors (Lipinski definition) is 2. The Labute approximate surface area is 118 Å². The number of nitrogens with two attached hydrogens (primary N) is 1. The lowest BCUT2D eigenvalue weighted by Crippen LogP contribution is -2.09. The van der Waals surface area contributed by atoms with Crippen LogP contribution in [0, 0.1) is 0 Å². The Bertz CT molecular complexity index is 555. The van der Waals surface area contributed by atoms with Crippen LogP contribution in [0.4, 0.5) is 11.5 Å². The molecule has 1 heterocycles. The largest absolute Gasteiger partial charge is 0.393 e. The van der Waals surface area contributed by atoms with Crippen molar-refractivity contribution in [2.24, 2.45) is 0 Å². The van der Waals surface area contributed by atoms with Crippen molar-refractivity contribution in [1.82, 2.24) is 9.97 Å². The molecule has 5 heteroatoms. The van der Waals surface area contributed by atoms with Gasteiger partial charge < -0.3 is 11.1 Å². The summed E-state index contributed by atoms with van der Waals surface area (Å²) in [4.78, 5) is 8.59. The molecule has 1 aromatic heterocycles. The van der Waals surface area contributed by atoms with E-state index in [0.717, 1.165) is 5.56 Å². The fraction of sp³-hybridized carbons (Fsp3) is 0.286. The maximum Gasteiger partial charge on any atom is 0.157 e. The Balaban J connectivity index is 2.20. The molecule has 0 aliphatic carbocycles. The van der Waals surface area contributed by atoms with Gasteiger partial charge in [0.2, 0.25) is 0 Å². The van der Waals surface area contributed by atoms with E-state index in [1.54, 1.807) is 0 Å². The standard InChI is InChI=1S/C14H17ClN4/c1-9(2)13-18-12(15)11(16)14(19-13)17-8-10-6-4-3-5-7-10/h3-7,9H,8,16H2,1-2H3,(H,17,18,19). The summed E-state index contributed by atoms with van der Waals surface area (Å²) >= 11 is 6.03. The summed E-state index contributed by atoms with van der Waals surface area (Å²) in [7, 11) is 0. The first-order valence-corrected chi connectivity index (χ1v) is 6.56. The van der Waals surface area contributed by atoms with Crippen LogP contribution in [0.25, 0.3) is 0 Å². The van der Waals surface area contributed by atoms with Gasteiger partial charge in [0.25, 0.3) is 0 Å². The Morgan fingerprint density at radius 2 is 1.89 bits per heavy atom. The van der Waals surface area contributed by atoms with Gasteiger partial charge in [0, 0.05) is 12.5 Å². The number of benzene rings is 1. The molecule has 0 radical (unpaired) electrons. The predicted octanol–water partition coefficient (Wildman–Crippen LogP) is 3.45. The zero-order valence-corrected chi connectivity index (χ0v) is 11.8. The van der Waals surface area contributed by atoms with Crippen LogP contribution in [0.1, 0.15) is 31.2 Å². The average molecular weight is 277 g/mol. The molecule has 0 amide bonds. The fourth-order valence-electron chi connectivity index (χ4n) is 1.63. The first-order valence-electron chi connectivity index (χ1n) is 6.18. The maximum absolute atomic E-state index is 6.03. The van der Waals surface area contributed by atoms with Crippen molar-refractivity contribution in [1.29, 1.82) is 0 Å². The molecule has 100 valence electrons. The minimum Gasteiger partial charge on any atom is -0.393 e. The molecular formula is C14H17ClN4. The number of nitrogens with zero attached hydrogens (tertiary/aromatic N) is 2. The minimum absolute atomic E-state index is 0.204. The zero-order chi connectivity index (χ0) is 13.8. The summed E-state index contributed by atoms with van der Waals surface area (Å²) < 4.78 is 0. The number of rotatable bonds is 4. The monoisotopic (exact) mass is 276 g/mol. The van der Waals surface area contributed by atoms with Crippen molar-refractivity contribution >= 4 is 23.1 Å². The first kappa shape index (κ1) is 13.6. The van der Waals surface area contributed by atoms with Gasteiger partial charge in [-0.1, -0.05) is 55.8 Å². The SMILES string of the molecule is CC(C)c1nc(Cl)c(N)c(NCc2ccccc2)n1. The number of aromatic nitrogens is 2. The summed E-state index contributed by atoms with van der Waals surface area (Å²) in [6.45, 7) is 4.68. The summed E-state index contributed by atoms with van der Waals surface area (Å²) in [5.74, 6) is 1.48. The molecule has 0 saturated heterocycles. The van der Waals surface area contributed by atoms with E-state index in [1.807, 2.05) is 44.2 Å². The van der Waals surface area contributed by atoms with E-state index in [1.165, 1.54) is 0 Å². The highest BCUT2D eigenvalue weighted by atomic mass is 35.5. The lowest BCUT2D eigenvalue weighted by molar-refractivity contribution is 0.775. The van der Waals surface area contributed by atoms with Crippen molar-refractivity contribution in [2.45, 2.75) is 26.3 Å². The molecule has 19 heavy (non-hydrogen) atoms. The lowest BCUT2D eigenvalue weighted by Gasteiger charge is -2.12. The van der Waals surface area contributed by atoms with Crippen LogP contribution in [0.15, 0.2) is 30.3 Å². The smallest absolute Gasteiger partial charge is 0.157 e. The van der Waals surface area contributed by atoms with Gasteiger partial charge in [0.15, 0.2) is 11.0 Å². The second kappa shape index (κ2) is 5.89. The van der Waals surface area contributed by atoms with Gasteiger partial charge in [0.05, 0.1) is 0 Å². The van der Waals surface area contributed by atoms with Gasteiger partial charge in [0.1, 0.15) is 11.5 Å². The van der Waals surface area contributed by atoms with Crippen molar-refractivity contribution < 1.29 is 0 Å². The van der Waals surface area contributed by atoms with Crippen LogP contribution in [0.5, 0.6) is 0 Å². The molecule has 0 aliphatic heterocycles. The number of nitrogen functional groups attached to an aromatic ring is 1. The third-order valence-corrected chi connectivity index (χ3v) is 3.02. The molecular weight excluding hydrogens is 260 g/mol. The van der Waals surface area contributed by atoms with E-state index < -0.39 is 0 Å². The highest BCUT2D eigenvalue weighted by Crippen LogP contribution is 2.26. The molecule has 2 aromatic rings. The highest BCUT2D eigenvalue weighted by Gasteiger charge is 2.12. The van der Waals surface area contributed by atoms with Crippen LogP contribution in [0.3, 0.4) is 0 Å². The van der Waals surface area contributed by atoms with E-state index in [0.29, 0.717) is 29.0 Å². The van der Waals surface area contributed by atoms with Gasteiger partial charge in [-0.05, 0) is 5.56 Å². The Morgan fingerprint density at radius 1 is 1.21 bits per heavy atom. The molecule has 4 nitrogen and oxygen atoms in total. The molecule has 2 rings (SSSR count). The predicted molar refractivity (Wildman–Crippen MR) is 79.3 cm³/mol. The molecule has 0 atom stereocenters. The number of halogens is 1. The number of hydrogen-bond acceptors (Lipinski definition) is 4. The van der Waals surface area contributed by atoms with Gasteiger partial charge in [-0.15, -0.1) is 0 Å². The van der Waals surface area contributed by atoms with Crippen molar-refractivity contribution in [3.8, 4) is 0 Å². The minimum atomic E-state index is 0.204. The lowest BCUT2D eigenvalue weighted by atomic mass is 10.2. The molecule has 0 aliphatic rings. The first-order chi connectivity index (χ1) is 9.08. The summed E-state index contributed by atoms with van der Waals surface area (Å²) in [5, 5.41) is 3.51. The second-order valence-electron chi connectivity index (χ2n) is 4.63. The van der Waals surface area contributed by atoms with Crippen LogP contribution in [0.2, 0.25) is 5.15 Å². The summed E-state index contributed by atoms with van der Waals surface area (Å²) in [6.07, 6.45) is 0. The Hall–Kier alpha value is -1.81. The molecule has 1 aromatic carbocycles. The second-order valence-corrected chi connectivity index (χ2v) is 4.99. The number of anilines is 2. The molecule has 0 unspecified atom stereocenters. The van der Waals surface area contributed by atoms with Crippen LogP contribution in [-0.2, 0) is 6.54 Å². The van der Waals surface area contributed by atoms with Crippen molar-refractivity contribution in [3.63, 3.8) is 0 Å². The Kier molecular flexibility index (Phi) is 4.22. The molecule has 0 bridgehead atoms. The van der Waals surface area contributed by atoms with Crippen LogP contribution < -0.4 is 11.1 Å². The number of nitrogens with one attached hydrogen (secondary N) is 1. The van der Waals surface area contributed by atoms with Gasteiger partial charge >= 0.3 is 0 Å². The van der Waals surface area contributed by atoms with Crippen LogP contribution >= 0.6 is 11.6 Å². The van der Waals surface area contributed by atoms with E-state index in [4.69, 9.17) is 17.3 Å². The van der Waals surface area contributed by atoms with Crippen molar-refractivity contribution in [3.05, 3.63) is 46.9 Å². The van der Waals surface area contributed by atoms with E-state index in [-0.39, 0.29) is 5.92 Å². The normalized spacial score (nSPS) is 10.7. The third kappa shape index (κ3) is 3.35. The van der Waals surface area contributed by atoms with Crippen molar-refractivity contribution in [2.75, 3.05) is 11.1 Å². The topological polar surface area (TPSA) is 63.8 Å². The zero-order valence-electron chi connectivity index (χ0n) is 11.0. The summed E-state index contributed by atoms with van der Waals surface area (Å²) in [5.41, 5.74) is 7.44. The van der Waals surface area contributed by atoms with Gasteiger partial charge in [-0.2, -0.15) is 0 Å². The molecule has 0 spiro atoms. The Morgan fingerprint density at radius 3 is 2.53 bits per heavy atom. The fourth-order valence-corrected chi connectivity index (χ4v) is 1.81.